The third-order valence-electron chi connectivity index (χ3n) is 7.17. The molecule has 1 aromatic rings. The van der Waals surface area contributed by atoms with Gasteiger partial charge >= 0.3 is 7.12 Å². The van der Waals surface area contributed by atoms with Gasteiger partial charge in [0.25, 0.3) is 0 Å². The van der Waals surface area contributed by atoms with Gasteiger partial charge < -0.3 is 23.5 Å². The molecule has 2 heterocycles. The Kier molecular flexibility index (Phi) is 6.78. The van der Waals surface area contributed by atoms with Crippen LogP contribution in [0.3, 0.4) is 0 Å². The minimum absolute atomic E-state index is 0.0269. The van der Waals surface area contributed by atoms with Gasteiger partial charge in [0.05, 0.1) is 23.9 Å². The fourth-order valence-electron chi connectivity index (χ4n) is 4.38. The number of benzene rings is 1. The van der Waals surface area contributed by atoms with E-state index >= 15 is 0 Å². The number of ether oxygens (including phenoxy) is 3. The van der Waals surface area contributed by atoms with E-state index in [1.165, 1.54) is 12.8 Å². The van der Waals surface area contributed by atoms with Crippen molar-refractivity contribution in [3.63, 3.8) is 0 Å². The van der Waals surface area contributed by atoms with Crippen molar-refractivity contribution < 1.29 is 23.5 Å². The van der Waals surface area contributed by atoms with Crippen LogP contribution in [0.4, 0.5) is 0 Å². The molecular weight excluding hydrogens is 379 g/mol. The summed E-state index contributed by atoms with van der Waals surface area (Å²) in [6.45, 7) is 9.92. The molecular formula is C24H37BO5. The summed E-state index contributed by atoms with van der Waals surface area (Å²) in [5.74, 6) is 1.50. The van der Waals surface area contributed by atoms with Crippen molar-refractivity contribution in [1.29, 1.82) is 0 Å². The van der Waals surface area contributed by atoms with Gasteiger partial charge in [0.15, 0.2) is 6.29 Å². The maximum atomic E-state index is 6.15. The van der Waals surface area contributed by atoms with Gasteiger partial charge in [-0.05, 0) is 96.2 Å². The zero-order valence-corrected chi connectivity index (χ0v) is 19.0. The van der Waals surface area contributed by atoms with E-state index in [-0.39, 0.29) is 24.6 Å². The van der Waals surface area contributed by atoms with E-state index in [2.05, 4.69) is 27.7 Å². The predicted molar refractivity (Wildman–Crippen MR) is 118 cm³/mol. The topological polar surface area (TPSA) is 46.2 Å². The van der Waals surface area contributed by atoms with Crippen molar-refractivity contribution in [2.45, 2.75) is 96.2 Å². The number of rotatable bonds is 6. The van der Waals surface area contributed by atoms with Crippen LogP contribution in [0.2, 0.25) is 0 Å². The van der Waals surface area contributed by atoms with Gasteiger partial charge in [-0.15, -0.1) is 0 Å². The Morgan fingerprint density at radius 2 is 1.57 bits per heavy atom. The van der Waals surface area contributed by atoms with E-state index < -0.39 is 0 Å². The molecule has 1 aromatic carbocycles. The van der Waals surface area contributed by atoms with Crippen LogP contribution in [0, 0.1) is 5.92 Å². The van der Waals surface area contributed by atoms with E-state index in [1.54, 1.807) is 0 Å². The van der Waals surface area contributed by atoms with E-state index in [1.807, 2.05) is 24.3 Å². The lowest BCUT2D eigenvalue weighted by Crippen LogP contribution is -2.41. The normalized spacial score (nSPS) is 30.9. The fraction of sp³-hybridized carbons (Fsp3) is 0.750. The Labute approximate surface area is 181 Å². The minimum atomic E-state index is -0.326. The molecule has 0 unspecified atom stereocenters. The molecule has 0 aromatic heterocycles. The van der Waals surface area contributed by atoms with E-state index in [4.69, 9.17) is 23.5 Å². The van der Waals surface area contributed by atoms with Gasteiger partial charge in [-0.2, -0.15) is 0 Å². The molecule has 166 valence electrons. The molecule has 1 saturated carbocycles. The quantitative estimate of drug-likeness (QED) is 0.641. The Balaban J connectivity index is 1.20. The molecule has 5 nitrogen and oxygen atoms in total. The molecule has 0 bridgehead atoms. The molecule has 2 aliphatic heterocycles. The van der Waals surface area contributed by atoms with Crippen molar-refractivity contribution in [3.8, 4) is 5.75 Å². The highest BCUT2D eigenvalue weighted by molar-refractivity contribution is 6.62. The third-order valence-corrected chi connectivity index (χ3v) is 7.17. The average molecular weight is 416 g/mol. The molecule has 0 radical (unpaired) electrons. The van der Waals surface area contributed by atoms with Crippen molar-refractivity contribution in [2.75, 3.05) is 13.2 Å². The largest absolute Gasteiger partial charge is 0.494 e. The second kappa shape index (κ2) is 9.19. The Morgan fingerprint density at radius 1 is 0.900 bits per heavy atom. The molecule has 4 rings (SSSR count). The zero-order chi connectivity index (χ0) is 21.2. The SMILES string of the molecule is CC1(C)OB(c2ccc(OCC3CCC(O[C@@H]4CCCCO4)CC3)cc2)OC1(C)C. The molecule has 1 aliphatic carbocycles. The van der Waals surface area contributed by atoms with Crippen LogP contribution in [-0.4, -0.2) is 43.9 Å². The third kappa shape index (κ3) is 5.21. The highest BCUT2D eigenvalue weighted by Crippen LogP contribution is 2.36. The van der Waals surface area contributed by atoms with Crippen LogP contribution in [0.1, 0.15) is 72.6 Å². The number of hydrogen-bond donors (Lipinski definition) is 0. The van der Waals surface area contributed by atoms with E-state index in [9.17, 15) is 0 Å². The van der Waals surface area contributed by atoms with Crippen molar-refractivity contribution >= 4 is 12.6 Å². The molecule has 3 fully saturated rings. The summed E-state index contributed by atoms with van der Waals surface area (Å²) < 4.78 is 30.2. The van der Waals surface area contributed by atoms with Crippen LogP contribution in [0.15, 0.2) is 24.3 Å². The lowest BCUT2D eigenvalue weighted by molar-refractivity contribution is -0.194. The summed E-state index contributed by atoms with van der Waals surface area (Å²) in [4.78, 5) is 0. The van der Waals surface area contributed by atoms with Gasteiger partial charge in [-0.1, -0.05) is 12.1 Å². The van der Waals surface area contributed by atoms with E-state index in [0.717, 1.165) is 56.5 Å². The summed E-state index contributed by atoms with van der Waals surface area (Å²) >= 11 is 0. The molecule has 30 heavy (non-hydrogen) atoms. The molecule has 2 saturated heterocycles. The molecule has 1 atom stereocenters. The maximum absolute atomic E-state index is 6.15. The Bertz CT molecular complexity index is 659. The zero-order valence-electron chi connectivity index (χ0n) is 19.0. The first kappa shape index (κ1) is 22.1. The second-order valence-electron chi connectivity index (χ2n) is 10.0. The summed E-state index contributed by atoms with van der Waals surface area (Å²) in [5.41, 5.74) is 0.389. The van der Waals surface area contributed by atoms with Crippen molar-refractivity contribution in [1.82, 2.24) is 0 Å². The number of hydrogen-bond acceptors (Lipinski definition) is 5. The van der Waals surface area contributed by atoms with Gasteiger partial charge in [0.1, 0.15) is 5.75 Å². The van der Waals surface area contributed by atoms with Crippen LogP contribution in [0.5, 0.6) is 5.75 Å². The smallest absolute Gasteiger partial charge is 0.493 e. The minimum Gasteiger partial charge on any atom is -0.493 e. The summed E-state index contributed by atoms with van der Waals surface area (Å²) in [6.07, 6.45) is 8.34. The first-order valence-corrected chi connectivity index (χ1v) is 11.7. The first-order chi connectivity index (χ1) is 14.3. The van der Waals surface area contributed by atoms with Gasteiger partial charge in [-0.3, -0.25) is 0 Å². The highest BCUT2D eigenvalue weighted by Gasteiger charge is 2.51. The predicted octanol–water partition coefficient (Wildman–Crippen LogP) is 4.47. The van der Waals surface area contributed by atoms with Gasteiger partial charge in [-0.25, -0.2) is 0 Å². The lowest BCUT2D eigenvalue weighted by atomic mass is 9.79. The van der Waals surface area contributed by atoms with E-state index in [0.29, 0.717) is 12.0 Å². The van der Waals surface area contributed by atoms with Crippen LogP contribution < -0.4 is 10.2 Å². The standard InChI is InChI=1S/C24H37BO5/c1-23(2)24(3,4)30-25(29-23)19-10-14-20(15-11-19)27-17-18-8-12-21(13-9-18)28-22-7-5-6-16-26-22/h10-11,14-15,18,21-22H,5-9,12-13,16-17H2,1-4H3/t18?,21?,22-/m1/s1. The molecule has 0 spiro atoms. The van der Waals surface area contributed by atoms with Gasteiger partial charge in [0, 0.05) is 6.61 Å². The Morgan fingerprint density at radius 3 is 2.17 bits per heavy atom. The first-order valence-electron chi connectivity index (χ1n) is 11.7. The monoisotopic (exact) mass is 416 g/mol. The van der Waals surface area contributed by atoms with Gasteiger partial charge in [0.2, 0.25) is 0 Å². The molecule has 0 N–H and O–H groups in total. The summed E-state index contributed by atoms with van der Waals surface area (Å²) in [7, 11) is -0.326. The van der Waals surface area contributed by atoms with Crippen molar-refractivity contribution in [3.05, 3.63) is 24.3 Å². The molecule has 3 aliphatic rings. The van der Waals surface area contributed by atoms with Crippen LogP contribution >= 0.6 is 0 Å². The van der Waals surface area contributed by atoms with Crippen LogP contribution in [-0.2, 0) is 18.8 Å². The lowest BCUT2D eigenvalue weighted by Gasteiger charge is -2.32. The second-order valence-corrected chi connectivity index (χ2v) is 10.0. The molecule has 6 heteroatoms. The summed E-state index contributed by atoms with van der Waals surface area (Å²) in [6, 6.07) is 8.14. The fourth-order valence-corrected chi connectivity index (χ4v) is 4.38. The Hall–Kier alpha value is -1.08. The van der Waals surface area contributed by atoms with Crippen LogP contribution in [0.25, 0.3) is 0 Å². The average Bonchev–Trinajstić information content (AvgIpc) is 2.96. The highest BCUT2D eigenvalue weighted by atomic mass is 16.7. The summed E-state index contributed by atoms with van der Waals surface area (Å²) in [5, 5.41) is 0. The van der Waals surface area contributed by atoms with Crippen molar-refractivity contribution in [2.24, 2.45) is 5.92 Å². The molecule has 0 amide bonds. The maximum Gasteiger partial charge on any atom is 0.494 e.